The molecule has 0 aromatic carbocycles. The number of aromatic nitrogens is 2. The molecule has 1 saturated heterocycles. The van der Waals surface area contributed by atoms with Crippen LogP contribution in [0.4, 0.5) is 5.82 Å². The lowest BCUT2D eigenvalue weighted by Gasteiger charge is -2.24. The fraction of sp³-hybridized carbons (Fsp3) is 0.636. The molecule has 16 heavy (non-hydrogen) atoms. The van der Waals surface area contributed by atoms with Gasteiger partial charge >= 0.3 is 0 Å². The zero-order valence-electron chi connectivity index (χ0n) is 9.69. The third-order valence-electron chi connectivity index (χ3n) is 2.58. The van der Waals surface area contributed by atoms with Crippen molar-refractivity contribution in [2.24, 2.45) is 0 Å². The summed E-state index contributed by atoms with van der Waals surface area (Å²) < 4.78 is 10.7. The van der Waals surface area contributed by atoms with Crippen molar-refractivity contribution in [2.75, 3.05) is 25.1 Å². The van der Waals surface area contributed by atoms with Crippen LogP contribution in [0.3, 0.4) is 0 Å². The molecule has 1 N–H and O–H groups in total. The lowest BCUT2D eigenvalue weighted by molar-refractivity contribution is 0.185. The summed E-state index contributed by atoms with van der Waals surface area (Å²) in [6.45, 7) is 6.18. The minimum Gasteiger partial charge on any atom is -0.478 e. The van der Waals surface area contributed by atoms with Gasteiger partial charge in [0.2, 0.25) is 5.88 Å². The molecule has 2 heterocycles. The Kier molecular flexibility index (Phi) is 3.24. The molecule has 0 spiro atoms. The van der Waals surface area contributed by atoms with Crippen LogP contribution >= 0.6 is 0 Å². The Morgan fingerprint density at radius 1 is 1.56 bits per heavy atom. The Morgan fingerprint density at radius 3 is 3.12 bits per heavy atom. The van der Waals surface area contributed by atoms with Crippen LogP contribution in [-0.4, -0.2) is 35.3 Å². The van der Waals surface area contributed by atoms with Crippen molar-refractivity contribution in [3.05, 3.63) is 12.4 Å². The van der Waals surface area contributed by atoms with E-state index < -0.39 is 0 Å². The lowest BCUT2D eigenvalue weighted by Crippen LogP contribution is -2.35. The number of nitrogens with zero attached hydrogens (tertiary/aromatic N) is 2. The normalized spacial score (nSPS) is 24.4. The summed E-state index contributed by atoms with van der Waals surface area (Å²) in [7, 11) is 0. The Balaban J connectivity index is 2.05. The Labute approximate surface area is 95.2 Å². The molecule has 1 aromatic heterocycles. The third-order valence-corrected chi connectivity index (χ3v) is 2.58. The monoisotopic (exact) mass is 223 g/mol. The minimum absolute atomic E-state index is 0.0299. The summed E-state index contributed by atoms with van der Waals surface area (Å²) in [6.07, 6.45) is 2.49. The van der Waals surface area contributed by atoms with Crippen molar-refractivity contribution in [3.8, 4) is 5.88 Å². The van der Waals surface area contributed by atoms with Gasteiger partial charge in [-0.1, -0.05) is 0 Å². The molecule has 5 heteroatoms. The molecule has 5 nitrogen and oxygen atoms in total. The molecule has 0 aliphatic carbocycles. The standard InChI is InChI=1S/C11H17N3O2/c1-3-16-10-6-9(12-8-13-10)14-11(2)4-5-15-7-11/h6,8H,3-5,7H2,1-2H3,(H,12,13,14). The van der Waals surface area contributed by atoms with Crippen LogP contribution in [0.5, 0.6) is 5.88 Å². The molecule has 88 valence electrons. The number of hydrogen-bond donors (Lipinski definition) is 1. The summed E-state index contributed by atoms with van der Waals surface area (Å²) in [6, 6.07) is 1.81. The van der Waals surface area contributed by atoms with Crippen molar-refractivity contribution < 1.29 is 9.47 Å². The van der Waals surface area contributed by atoms with Crippen LogP contribution in [0.1, 0.15) is 20.3 Å². The van der Waals surface area contributed by atoms with Crippen LogP contribution in [0.15, 0.2) is 12.4 Å². The van der Waals surface area contributed by atoms with Crippen LogP contribution < -0.4 is 10.1 Å². The van der Waals surface area contributed by atoms with Gasteiger partial charge in [-0.2, -0.15) is 0 Å². The van der Waals surface area contributed by atoms with Crippen molar-refractivity contribution in [1.82, 2.24) is 9.97 Å². The first-order valence-electron chi connectivity index (χ1n) is 5.53. The van der Waals surface area contributed by atoms with Crippen molar-refractivity contribution in [3.63, 3.8) is 0 Å². The molecule has 1 aliphatic heterocycles. The summed E-state index contributed by atoms with van der Waals surface area (Å²) >= 11 is 0. The van der Waals surface area contributed by atoms with E-state index in [0.717, 1.165) is 18.8 Å². The van der Waals surface area contributed by atoms with Crippen molar-refractivity contribution in [1.29, 1.82) is 0 Å². The molecule has 0 saturated carbocycles. The van der Waals surface area contributed by atoms with E-state index in [0.29, 0.717) is 19.1 Å². The fourth-order valence-electron chi connectivity index (χ4n) is 1.71. The number of anilines is 1. The average molecular weight is 223 g/mol. The van der Waals surface area contributed by atoms with Crippen LogP contribution in [0.25, 0.3) is 0 Å². The molecule has 1 atom stereocenters. The van der Waals surface area contributed by atoms with E-state index in [1.165, 1.54) is 6.33 Å². The smallest absolute Gasteiger partial charge is 0.218 e. The van der Waals surface area contributed by atoms with E-state index in [2.05, 4.69) is 22.2 Å². The van der Waals surface area contributed by atoms with E-state index in [4.69, 9.17) is 9.47 Å². The Hall–Kier alpha value is -1.36. The molecule has 0 radical (unpaired) electrons. The number of nitrogens with one attached hydrogen (secondary N) is 1. The number of ether oxygens (including phenoxy) is 2. The second-order valence-corrected chi connectivity index (χ2v) is 4.16. The van der Waals surface area contributed by atoms with Gasteiger partial charge < -0.3 is 14.8 Å². The van der Waals surface area contributed by atoms with E-state index in [1.54, 1.807) is 0 Å². The maximum absolute atomic E-state index is 5.37. The van der Waals surface area contributed by atoms with Gasteiger partial charge in [-0.05, 0) is 20.3 Å². The van der Waals surface area contributed by atoms with Crippen LogP contribution in [0, 0.1) is 0 Å². The van der Waals surface area contributed by atoms with Gasteiger partial charge in [-0.15, -0.1) is 0 Å². The van der Waals surface area contributed by atoms with Crippen LogP contribution in [-0.2, 0) is 4.74 Å². The predicted molar refractivity (Wildman–Crippen MR) is 60.7 cm³/mol. The first kappa shape index (κ1) is 11.1. The Morgan fingerprint density at radius 2 is 2.44 bits per heavy atom. The van der Waals surface area contributed by atoms with Gasteiger partial charge in [0.1, 0.15) is 12.1 Å². The minimum atomic E-state index is -0.0299. The zero-order chi connectivity index (χ0) is 11.4. The third kappa shape index (κ3) is 2.61. The van der Waals surface area contributed by atoms with Gasteiger partial charge in [-0.25, -0.2) is 9.97 Å². The largest absolute Gasteiger partial charge is 0.478 e. The average Bonchev–Trinajstić information content (AvgIpc) is 2.66. The van der Waals surface area contributed by atoms with Gasteiger partial charge in [0.15, 0.2) is 0 Å². The molecule has 1 aliphatic rings. The Bertz CT molecular complexity index is 351. The van der Waals surface area contributed by atoms with E-state index >= 15 is 0 Å². The highest BCUT2D eigenvalue weighted by atomic mass is 16.5. The highest BCUT2D eigenvalue weighted by molar-refractivity contribution is 5.40. The van der Waals surface area contributed by atoms with Crippen molar-refractivity contribution >= 4 is 5.82 Å². The highest BCUT2D eigenvalue weighted by Gasteiger charge is 2.29. The molecular formula is C11H17N3O2. The molecule has 1 aromatic rings. The predicted octanol–water partition coefficient (Wildman–Crippen LogP) is 1.47. The summed E-state index contributed by atoms with van der Waals surface area (Å²) in [5, 5.41) is 3.36. The van der Waals surface area contributed by atoms with E-state index in [9.17, 15) is 0 Å². The zero-order valence-corrected chi connectivity index (χ0v) is 9.69. The first-order valence-corrected chi connectivity index (χ1v) is 5.53. The van der Waals surface area contributed by atoms with Crippen molar-refractivity contribution in [2.45, 2.75) is 25.8 Å². The number of hydrogen-bond acceptors (Lipinski definition) is 5. The summed E-state index contributed by atoms with van der Waals surface area (Å²) in [4.78, 5) is 8.19. The maximum atomic E-state index is 5.37. The molecule has 1 unspecified atom stereocenters. The molecule has 0 bridgehead atoms. The van der Waals surface area contributed by atoms with E-state index in [1.807, 2.05) is 13.0 Å². The lowest BCUT2D eigenvalue weighted by atomic mass is 10.0. The molecule has 2 rings (SSSR count). The number of rotatable bonds is 4. The molecule has 1 fully saturated rings. The summed E-state index contributed by atoms with van der Waals surface area (Å²) in [5.41, 5.74) is -0.0299. The van der Waals surface area contributed by atoms with Gasteiger partial charge in [0.05, 0.1) is 18.8 Å². The second kappa shape index (κ2) is 4.65. The maximum Gasteiger partial charge on any atom is 0.218 e. The molecule has 0 amide bonds. The summed E-state index contributed by atoms with van der Waals surface area (Å²) in [5.74, 6) is 1.38. The van der Waals surface area contributed by atoms with Gasteiger partial charge in [-0.3, -0.25) is 0 Å². The quantitative estimate of drug-likeness (QED) is 0.837. The topological polar surface area (TPSA) is 56.3 Å². The fourth-order valence-corrected chi connectivity index (χ4v) is 1.71. The van der Waals surface area contributed by atoms with Crippen LogP contribution in [0.2, 0.25) is 0 Å². The first-order chi connectivity index (χ1) is 7.72. The van der Waals surface area contributed by atoms with Gasteiger partial charge in [0, 0.05) is 12.7 Å². The highest BCUT2D eigenvalue weighted by Crippen LogP contribution is 2.23. The molecular weight excluding hydrogens is 206 g/mol. The van der Waals surface area contributed by atoms with Gasteiger partial charge in [0.25, 0.3) is 0 Å². The SMILES string of the molecule is CCOc1cc(NC2(C)CCOC2)ncn1. The second-order valence-electron chi connectivity index (χ2n) is 4.16. The van der Waals surface area contributed by atoms with E-state index in [-0.39, 0.29) is 5.54 Å².